The Hall–Kier alpha value is -2.66. The van der Waals surface area contributed by atoms with E-state index in [1.807, 2.05) is 42.6 Å². The van der Waals surface area contributed by atoms with Crippen molar-refractivity contribution in [2.45, 2.75) is 12.5 Å². The summed E-state index contributed by atoms with van der Waals surface area (Å²) in [5.41, 5.74) is 2.95. The van der Waals surface area contributed by atoms with Gasteiger partial charge in [0.1, 0.15) is 15.8 Å². The summed E-state index contributed by atoms with van der Waals surface area (Å²) in [6.07, 6.45) is 3.99. The maximum absolute atomic E-state index is 13.3. The van der Waals surface area contributed by atoms with Crippen LogP contribution < -0.4 is 4.74 Å². The molecule has 35 heavy (non-hydrogen) atoms. The van der Waals surface area contributed by atoms with E-state index in [9.17, 15) is 13.2 Å². The van der Waals surface area contributed by atoms with Crippen molar-refractivity contribution in [3.63, 3.8) is 0 Å². The Kier molecular flexibility index (Phi) is 6.47. The first-order valence-corrected chi connectivity index (χ1v) is 14.1. The molecule has 0 bridgehead atoms. The Bertz CT molecular complexity index is 1470. The molecular weight excluding hydrogens is 526 g/mol. The average Bonchev–Trinajstić information content (AvgIpc) is 3.49. The molecule has 2 aliphatic rings. The number of hydrogen-bond acceptors (Lipinski definition) is 7. The van der Waals surface area contributed by atoms with Gasteiger partial charge in [0.05, 0.1) is 40.3 Å². The standard InChI is InChI=1S/C24H20ClN3O4S3/c1-32-20-8-7-15(11-19(20)25)22-16(13-27(26-22)17-5-3-2-4-6-17)12-21-23(29)28(24(33)34-21)18-9-10-35(30,31)14-18/h2-8,11-13,18H,9-10,14H2,1H3. The Balaban J connectivity index is 1.56. The van der Waals surface area contributed by atoms with Crippen LogP contribution in [0.15, 0.2) is 59.6 Å². The molecule has 1 aromatic heterocycles. The quantitative estimate of drug-likeness (QED) is 0.342. The molecule has 2 fully saturated rings. The largest absolute Gasteiger partial charge is 0.495 e. The third kappa shape index (κ3) is 4.75. The smallest absolute Gasteiger partial charge is 0.266 e. The maximum atomic E-state index is 13.3. The lowest BCUT2D eigenvalue weighted by molar-refractivity contribution is -0.123. The summed E-state index contributed by atoms with van der Waals surface area (Å²) in [5.74, 6) is 0.272. The van der Waals surface area contributed by atoms with Crippen molar-refractivity contribution in [3.05, 3.63) is 70.2 Å². The number of amides is 1. The number of benzene rings is 2. The number of methoxy groups -OCH3 is 1. The highest BCUT2D eigenvalue weighted by Crippen LogP contribution is 2.38. The van der Waals surface area contributed by atoms with Crippen molar-refractivity contribution in [1.29, 1.82) is 0 Å². The fourth-order valence-corrected chi connectivity index (χ4v) is 7.51. The molecule has 11 heteroatoms. The number of thioether (sulfide) groups is 1. The van der Waals surface area contributed by atoms with E-state index in [2.05, 4.69) is 0 Å². The number of sulfone groups is 1. The number of nitrogens with zero attached hydrogens (tertiary/aromatic N) is 3. The van der Waals surface area contributed by atoms with Gasteiger partial charge in [0, 0.05) is 17.3 Å². The number of carbonyl (C=O) groups excluding carboxylic acids is 1. The number of thiocarbonyl (C=S) groups is 1. The molecule has 5 rings (SSSR count). The summed E-state index contributed by atoms with van der Waals surface area (Å²) >= 11 is 13.0. The van der Waals surface area contributed by atoms with E-state index in [1.54, 1.807) is 30.0 Å². The predicted molar refractivity (Wildman–Crippen MR) is 143 cm³/mol. The van der Waals surface area contributed by atoms with Crippen LogP contribution in [0.3, 0.4) is 0 Å². The van der Waals surface area contributed by atoms with E-state index in [1.165, 1.54) is 16.7 Å². The molecule has 2 aromatic carbocycles. The van der Waals surface area contributed by atoms with Gasteiger partial charge < -0.3 is 4.74 Å². The van der Waals surface area contributed by atoms with E-state index in [4.69, 9.17) is 33.7 Å². The highest BCUT2D eigenvalue weighted by molar-refractivity contribution is 8.26. The van der Waals surface area contributed by atoms with Gasteiger partial charge in [0.15, 0.2) is 9.84 Å². The predicted octanol–water partition coefficient (Wildman–Crippen LogP) is 4.59. The van der Waals surface area contributed by atoms with E-state index in [-0.39, 0.29) is 17.4 Å². The second kappa shape index (κ2) is 9.42. The van der Waals surface area contributed by atoms with Crippen LogP contribution in [0.4, 0.5) is 0 Å². The van der Waals surface area contributed by atoms with Crippen LogP contribution in [0.5, 0.6) is 5.75 Å². The summed E-state index contributed by atoms with van der Waals surface area (Å²) < 4.78 is 31.3. The number of carbonyl (C=O) groups is 1. The second-order valence-electron chi connectivity index (χ2n) is 8.17. The number of rotatable bonds is 5. The van der Waals surface area contributed by atoms with E-state index < -0.39 is 15.9 Å². The molecule has 1 atom stereocenters. The molecule has 2 saturated heterocycles. The molecular formula is C24H20ClN3O4S3. The lowest BCUT2D eigenvalue weighted by atomic mass is 10.1. The molecule has 0 saturated carbocycles. The van der Waals surface area contributed by atoms with Gasteiger partial charge >= 0.3 is 0 Å². The summed E-state index contributed by atoms with van der Waals surface area (Å²) in [6.45, 7) is 0. The molecule has 3 aromatic rings. The van der Waals surface area contributed by atoms with Crippen molar-refractivity contribution in [3.8, 4) is 22.7 Å². The average molecular weight is 546 g/mol. The molecule has 0 N–H and O–H groups in total. The van der Waals surface area contributed by atoms with Crippen LogP contribution >= 0.6 is 35.6 Å². The van der Waals surface area contributed by atoms with Gasteiger partial charge in [-0.05, 0) is 42.8 Å². The third-order valence-electron chi connectivity index (χ3n) is 5.87. The van der Waals surface area contributed by atoms with E-state index in [0.29, 0.717) is 37.7 Å². The first-order valence-electron chi connectivity index (χ1n) is 10.7. The minimum Gasteiger partial charge on any atom is -0.495 e. The molecule has 7 nitrogen and oxygen atoms in total. The highest BCUT2D eigenvalue weighted by atomic mass is 35.5. The van der Waals surface area contributed by atoms with Crippen LogP contribution in [0.1, 0.15) is 12.0 Å². The minimum absolute atomic E-state index is 0.0613. The lowest BCUT2D eigenvalue weighted by Crippen LogP contribution is -2.39. The number of halogens is 1. The zero-order valence-corrected chi connectivity index (χ0v) is 21.8. The number of ether oxygens (including phenoxy) is 1. The maximum Gasteiger partial charge on any atom is 0.266 e. The first kappa shape index (κ1) is 24.1. The molecule has 0 spiro atoms. The normalized spacial score (nSPS) is 20.7. The second-order valence-corrected chi connectivity index (χ2v) is 12.5. The third-order valence-corrected chi connectivity index (χ3v) is 9.25. The van der Waals surface area contributed by atoms with Gasteiger partial charge in [0.2, 0.25) is 0 Å². The first-order chi connectivity index (χ1) is 16.8. The van der Waals surface area contributed by atoms with Gasteiger partial charge in [-0.25, -0.2) is 13.1 Å². The molecule has 2 aliphatic heterocycles. The van der Waals surface area contributed by atoms with Crippen LogP contribution in [0.25, 0.3) is 23.0 Å². The van der Waals surface area contributed by atoms with Crippen molar-refractivity contribution >= 4 is 61.7 Å². The molecule has 0 radical (unpaired) electrons. The topological polar surface area (TPSA) is 81.5 Å². The Morgan fingerprint density at radius 1 is 1.23 bits per heavy atom. The van der Waals surface area contributed by atoms with E-state index in [0.717, 1.165) is 11.3 Å². The van der Waals surface area contributed by atoms with Crippen LogP contribution in [-0.2, 0) is 14.6 Å². The van der Waals surface area contributed by atoms with E-state index >= 15 is 0 Å². The number of para-hydroxylation sites is 1. The summed E-state index contributed by atoms with van der Waals surface area (Å²) in [4.78, 5) is 15.1. The summed E-state index contributed by atoms with van der Waals surface area (Å²) in [5, 5.41) is 5.22. The van der Waals surface area contributed by atoms with Gasteiger partial charge in [-0.15, -0.1) is 0 Å². The Morgan fingerprint density at radius 2 is 2.00 bits per heavy atom. The molecule has 1 amide bonds. The Morgan fingerprint density at radius 3 is 2.66 bits per heavy atom. The van der Waals surface area contributed by atoms with Crippen molar-refractivity contribution in [1.82, 2.24) is 14.7 Å². The highest BCUT2D eigenvalue weighted by Gasteiger charge is 2.42. The Labute approximate surface area is 217 Å². The molecule has 3 heterocycles. The van der Waals surface area contributed by atoms with Crippen molar-refractivity contribution < 1.29 is 17.9 Å². The number of hydrogen-bond donors (Lipinski definition) is 0. The number of aromatic nitrogens is 2. The summed E-state index contributed by atoms with van der Waals surface area (Å²) in [7, 11) is -1.60. The lowest BCUT2D eigenvalue weighted by Gasteiger charge is -2.20. The van der Waals surface area contributed by atoms with Crippen molar-refractivity contribution in [2.24, 2.45) is 0 Å². The van der Waals surface area contributed by atoms with Crippen molar-refractivity contribution in [2.75, 3.05) is 18.6 Å². The zero-order valence-electron chi connectivity index (χ0n) is 18.5. The van der Waals surface area contributed by atoms with Crippen LogP contribution in [-0.4, -0.2) is 58.0 Å². The fourth-order valence-electron chi connectivity index (χ4n) is 4.16. The summed E-state index contributed by atoms with van der Waals surface area (Å²) in [6, 6.07) is 14.6. The van der Waals surface area contributed by atoms with Gasteiger partial charge in [-0.3, -0.25) is 9.69 Å². The fraction of sp³-hybridized carbons (Fsp3) is 0.208. The SMILES string of the molecule is COc1ccc(-c2nn(-c3ccccc3)cc2C=C2SC(=S)N(C3CCS(=O)(=O)C3)C2=O)cc1Cl. The van der Waals surface area contributed by atoms with Crippen LogP contribution in [0.2, 0.25) is 5.02 Å². The zero-order chi connectivity index (χ0) is 24.7. The van der Waals surface area contributed by atoms with Gasteiger partial charge in [-0.2, -0.15) is 5.10 Å². The monoisotopic (exact) mass is 545 g/mol. The van der Waals surface area contributed by atoms with Gasteiger partial charge in [0.25, 0.3) is 5.91 Å². The molecule has 0 aliphatic carbocycles. The molecule has 1 unspecified atom stereocenters. The van der Waals surface area contributed by atoms with Crippen LogP contribution in [0, 0.1) is 0 Å². The minimum atomic E-state index is -3.15. The van der Waals surface area contributed by atoms with Gasteiger partial charge in [-0.1, -0.05) is 53.8 Å². The molecule has 180 valence electrons.